The van der Waals surface area contributed by atoms with E-state index in [9.17, 15) is 24.1 Å². The van der Waals surface area contributed by atoms with Crippen LogP contribution in [0.5, 0.6) is 0 Å². The fourth-order valence-electron chi connectivity index (χ4n) is 2.86. The number of aromatic amines is 1. The van der Waals surface area contributed by atoms with Crippen molar-refractivity contribution in [2.24, 2.45) is 0 Å². The molecule has 1 aromatic carbocycles. The Morgan fingerprint density at radius 2 is 2.33 bits per heavy atom. The van der Waals surface area contributed by atoms with Gasteiger partial charge in [-0.2, -0.15) is 9.49 Å². The predicted octanol–water partition coefficient (Wildman–Crippen LogP) is 1.84. The van der Waals surface area contributed by atoms with Crippen LogP contribution in [0.15, 0.2) is 34.3 Å². The van der Waals surface area contributed by atoms with Crippen LogP contribution in [-0.2, 0) is 4.79 Å². The summed E-state index contributed by atoms with van der Waals surface area (Å²) in [5.74, 6) is -0.950. The number of nitrogens with one attached hydrogen (secondary N) is 2. The van der Waals surface area contributed by atoms with E-state index in [1.807, 2.05) is 0 Å². The SMILES string of the molecule is O=C(CC1CSc2nc3[nH]ncc3c(=O)n21)Nc1ccc(F)c([N+](=O)[O-])c1. The molecular formula is C15H11FN6O4S. The molecule has 0 saturated heterocycles. The number of nitro groups is 1. The maximum Gasteiger partial charge on any atom is 0.306 e. The fraction of sp³-hybridized carbons (Fsp3) is 0.200. The average Bonchev–Trinajstić information content (AvgIpc) is 3.24. The molecule has 12 heteroatoms. The number of aromatic nitrogens is 4. The quantitative estimate of drug-likeness (QED) is 0.394. The van der Waals surface area contributed by atoms with Gasteiger partial charge in [-0.25, -0.2) is 4.98 Å². The Morgan fingerprint density at radius 1 is 1.52 bits per heavy atom. The zero-order valence-corrected chi connectivity index (χ0v) is 14.3. The first-order valence-electron chi connectivity index (χ1n) is 7.76. The first-order chi connectivity index (χ1) is 12.9. The summed E-state index contributed by atoms with van der Waals surface area (Å²) in [5, 5.41) is 20.6. The molecule has 1 aliphatic rings. The lowest BCUT2D eigenvalue weighted by atomic mass is 10.2. The van der Waals surface area contributed by atoms with E-state index in [4.69, 9.17) is 0 Å². The van der Waals surface area contributed by atoms with Crippen LogP contribution in [0.1, 0.15) is 12.5 Å². The van der Waals surface area contributed by atoms with Crippen molar-refractivity contribution in [3.05, 3.63) is 50.7 Å². The molecule has 3 heterocycles. The van der Waals surface area contributed by atoms with E-state index in [1.54, 1.807) is 0 Å². The molecule has 2 N–H and O–H groups in total. The van der Waals surface area contributed by atoms with Crippen LogP contribution >= 0.6 is 11.8 Å². The minimum Gasteiger partial charge on any atom is -0.326 e. The first kappa shape index (κ1) is 17.1. The fourth-order valence-corrected chi connectivity index (χ4v) is 4.00. The van der Waals surface area contributed by atoms with Crippen LogP contribution in [0.4, 0.5) is 15.8 Å². The van der Waals surface area contributed by atoms with E-state index < -0.39 is 28.4 Å². The van der Waals surface area contributed by atoms with Crippen LogP contribution in [0, 0.1) is 15.9 Å². The zero-order chi connectivity index (χ0) is 19.1. The summed E-state index contributed by atoms with van der Waals surface area (Å²) >= 11 is 1.35. The topological polar surface area (TPSA) is 136 Å². The highest BCUT2D eigenvalue weighted by atomic mass is 32.2. The molecule has 1 aliphatic heterocycles. The molecule has 0 radical (unpaired) electrons. The van der Waals surface area contributed by atoms with Gasteiger partial charge in [0.2, 0.25) is 11.7 Å². The number of rotatable bonds is 4. The third-order valence-corrected chi connectivity index (χ3v) is 5.20. The highest BCUT2D eigenvalue weighted by Gasteiger charge is 2.29. The Balaban J connectivity index is 1.55. The van der Waals surface area contributed by atoms with Gasteiger partial charge < -0.3 is 5.32 Å². The molecule has 0 saturated carbocycles. The van der Waals surface area contributed by atoms with Gasteiger partial charge in [-0.15, -0.1) is 0 Å². The Bertz CT molecular complexity index is 1140. The van der Waals surface area contributed by atoms with Crippen molar-refractivity contribution >= 4 is 40.1 Å². The van der Waals surface area contributed by atoms with Gasteiger partial charge in [0, 0.05) is 23.9 Å². The Kier molecular flexibility index (Phi) is 4.11. The van der Waals surface area contributed by atoms with Gasteiger partial charge in [0.15, 0.2) is 10.8 Å². The Labute approximate surface area is 153 Å². The maximum absolute atomic E-state index is 13.4. The summed E-state index contributed by atoms with van der Waals surface area (Å²) in [4.78, 5) is 39.2. The molecular weight excluding hydrogens is 379 g/mol. The minimum atomic E-state index is -0.985. The summed E-state index contributed by atoms with van der Waals surface area (Å²) in [5.41, 5.74) is -0.515. The number of amides is 1. The molecule has 4 rings (SSSR count). The number of anilines is 1. The molecule has 0 fully saturated rings. The van der Waals surface area contributed by atoms with E-state index in [1.165, 1.54) is 28.6 Å². The largest absolute Gasteiger partial charge is 0.326 e. The van der Waals surface area contributed by atoms with Crippen LogP contribution in [0.2, 0.25) is 0 Å². The molecule has 0 spiro atoms. The van der Waals surface area contributed by atoms with E-state index in [-0.39, 0.29) is 17.7 Å². The summed E-state index contributed by atoms with van der Waals surface area (Å²) in [6, 6.07) is 2.69. The van der Waals surface area contributed by atoms with Gasteiger partial charge in [-0.1, -0.05) is 11.8 Å². The molecule has 1 atom stereocenters. The lowest BCUT2D eigenvalue weighted by molar-refractivity contribution is -0.387. The van der Waals surface area contributed by atoms with Crippen molar-refractivity contribution in [3.63, 3.8) is 0 Å². The van der Waals surface area contributed by atoms with Crippen LogP contribution in [0.25, 0.3) is 11.0 Å². The van der Waals surface area contributed by atoms with Gasteiger partial charge in [0.05, 0.1) is 17.2 Å². The number of benzene rings is 1. The van der Waals surface area contributed by atoms with Crippen LogP contribution in [0.3, 0.4) is 0 Å². The standard InChI is InChI=1S/C15H11FN6O4S/c16-10-2-1-7(3-11(10)22(25)26)18-12(23)4-8-6-27-15-19-13-9(5-17-20-13)14(24)21(8)15/h1-3,5,8H,4,6H2,(H,17,20)(H,18,23). The Morgan fingerprint density at radius 3 is 3.11 bits per heavy atom. The summed E-state index contributed by atoms with van der Waals surface area (Å²) < 4.78 is 14.8. The number of H-pyrrole nitrogens is 1. The van der Waals surface area contributed by atoms with Crippen molar-refractivity contribution in [2.75, 3.05) is 11.1 Å². The molecule has 0 bridgehead atoms. The summed E-state index contributed by atoms with van der Waals surface area (Å²) in [6.07, 6.45) is 1.35. The second kappa shape index (κ2) is 6.46. The number of hydrogen-bond donors (Lipinski definition) is 2. The minimum absolute atomic E-state index is 0.0316. The monoisotopic (exact) mass is 390 g/mol. The lowest BCUT2D eigenvalue weighted by Crippen LogP contribution is -2.27. The van der Waals surface area contributed by atoms with E-state index in [2.05, 4.69) is 20.5 Å². The normalized spacial score (nSPS) is 15.7. The highest BCUT2D eigenvalue weighted by molar-refractivity contribution is 7.99. The number of fused-ring (bicyclic) bond motifs is 2. The van der Waals surface area contributed by atoms with Crippen molar-refractivity contribution in [1.82, 2.24) is 19.7 Å². The third kappa shape index (κ3) is 3.03. The molecule has 1 amide bonds. The maximum atomic E-state index is 13.4. The molecule has 138 valence electrons. The van der Waals surface area contributed by atoms with Gasteiger partial charge in [-0.3, -0.25) is 29.4 Å². The summed E-state index contributed by atoms with van der Waals surface area (Å²) in [6.45, 7) is 0. The molecule has 10 nitrogen and oxygen atoms in total. The third-order valence-electron chi connectivity index (χ3n) is 4.10. The Hall–Kier alpha value is -3.28. The zero-order valence-electron chi connectivity index (χ0n) is 13.5. The van der Waals surface area contributed by atoms with Crippen molar-refractivity contribution in [1.29, 1.82) is 0 Å². The average molecular weight is 390 g/mol. The summed E-state index contributed by atoms with van der Waals surface area (Å²) in [7, 11) is 0. The van der Waals surface area contributed by atoms with Crippen LogP contribution < -0.4 is 10.9 Å². The molecule has 3 aromatic rings. The van der Waals surface area contributed by atoms with Gasteiger partial charge in [-0.05, 0) is 12.1 Å². The van der Waals surface area contributed by atoms with Crippen molar-refractivity contribution < 1.29 is 14.1 Å². The number of hydrogen-bond acceptors (Lipinski definition) is 7. The number of carbonyl (C=O) groups is 1. The number of halogens is 1. The first-order valence-corrected chi connectivity index (χ1v) is 8.75. The second-order valence-corrected chi connectivity index (χ2v) is 6.83. The van der Waals surface area contributed by atoms with Crippen molar-refractivity contribution in [3.8, 4) is 0 Å². The molecule has 27 heavy (non-hydrogen) atoms. The molecule has 2 aromatic heterocycles. The van der Waals surface area contributed by atoms with Crippen molar-refractivity contribution in [2.45, 2.75) is 17.6 Å². The van der Waals surface area contributed by atoms with Crippen LogP contribution in [-0.4, -0.2) is 36.3 Å². The highest BCUT2D eigenvalue weighted by Crippen LogP contribution is 2.33. The second-order valence-electron chi connectivity index (χ2n) is 5.84. The number of nitro benzene ring substituents is 1. The number of thioether (sulfide) groups is 1. The van der Waals surface area contributed by atoms with Gasteiger partial charge in [0.25, 0.3) is 5.56 Å². The smallest absolute Gasteiger partial charge is 0.306 e. The van der Waals surface area contributed by atoms with Gasteiger partial charge >= 0.3 is 5.69 Å². The van der Waals surface area contributed by atoms with Gasteiger partial charge in [0.1, 0.15) is 5.39 Å². The lowest BCUT2D eigenvalue weighted by Gasteiger charge is -2.13. The number of nitrogens with zero attached hydrogens (tertiary/aromatic N) is 4. The van der Waals surface area contributed by atoms with E-state index >= 15 is 0 Å². The van der Waals surface area contributed by atoms with E-state index in [0.29, 0.717) is 21.9 Å². The van der Waals surface area contributed by atoms with E-state index in [0.717, 1.165) is 12.1 Å². The number of carbonyl (C=O) groups excluding carboxylic acids is 1. The molecule has 1 unspecified atom stereocenters. The predicted molar refractivity (Wildman–Crippen MR) is 94.2 cm³/mol. The molecule has 0 aliphatic carbocycles.